The number of aromatic nitrogens is 2. The van der Waals surface area contributed by atoms with Crippen molar-refractivity contribution in [2.75, 3.05) is 0 Å². The minimum Gasteiger partial charge on any atom is -0.472 e. The lowest BCUT2D eigenvalue weighted by molar-refractivity contribution is 0.0955. The van der Waals surface area contributed by atoms with Crippen LogP contribution >= 0.6 is 11.3 Å². The zero-order valence-electron chi connectivity index (χ0n) is 10.6. The van der Waals surface area contributed by atoms with Crippen molar-refractivity contribution >= 4 is 27.5 Å². The average Bonchev–Trinajstić information content (AvgIpc) is 3.08. The normalized spacial score (nSPS) is 11.1. The van der Waals surface area contributed by atoms with Crippen LogP contribution in [0.15, 0.2) is 29.1 Å². The van der Waals surface area contributed by atoms with Crippen LogP contribution in [0.3, 0.4) is 0 Å². The quantitative estimate of drug-likeness (QED) is 0.798. The van der Waals surface area contributed by atoms with Crippen LogP contribution < -0.4 is 5.32 Å². The van der Waals surface area contributed by atoms with Gasteiger partial charge >= 0.3 is 0 Å². The number of aryl methyl sites for hydroxylation is 2. The smallest absolute Gasteiger partial charge is 0.261 e. The van der Waals surface area contributed by atoms with Crippen LogP contribution in [-0.4, -0.2) is 15.7 Å². The summed E-state index contributed by atoms with van der Waals surface area (Å²) in [5.41, 5.74) is 1.90. The number of hydrogen-bond donors (Lipinski definition) is 1. The molecule has 0 unspecified atom stereocenters. The van der Waals surface area contributed by atoms with Gasteiger partial charge in [0.05, 0.1) is 23.1 Å². The van der Waals surface area contributed by atoms with E-state index in [-0.39, 0.29) is 5.91 Å². The summed E-state index contributed by atoms with van der Waals surface area (Å²) in [6.45, 7) is 2.42. The second-order valence-corrected chi connectivity index (χ2v) is 5.38. The largest absolute Gasteiger partial charge is 0.472 e. The van der Waals surface area contributed by atoms with Crippen molar-refractivity contribution in [3.8, 4) is 0 Å². The molecule has 3 aromatic rings. The van der Waals surface area contributed by atoms with E-state index in [0.717, 1.165) is 21.5 Å². The Bertz CT molecular complexity index is 690. The van der Waals surface area contributed by atoms with E-state index in [1.54, 1.807) is 12.5 Å². The molecule has 19 heavy (non-hydrogen) atoms. The monoisotopic (exact) mass is 275 g/mol. The molecule has 3 aromatic heterocycles. The fraction of sp³-hybridized carbons (Fsp3) is 0.231. The highest BCUT2D eigenvalue weighted by Gasteiger charge is 2.14. The van der Waals surface area contributed by atoms with E-state index >= 15 is 0 Å². The second-order valence-electron chi connectivity index (χ2n) is 4.35. The average molecular weight is 275 g/mol. The van der Waals surface area contributed by atoms with Crippen molar-refractivity contribution in [1.29, 1.82) is 0 Å². The van der Waals surface area contributed by atoms with Crippen LogP contribution in [0.1, 0.15) is 20.9 Å². The van der Waals surface area contributed by atoms with Gasteiger partial charge in [-0.2, -0.15) is 5.10 Å². The number of thiophene rings is 1. The van der Waals surface area contributed by atoms with Crippen LogP contribution in [-0.2, 0) is 13.6 Å². The number of rotatable bonds is 3. The maximum absolute atomic E-state index is 12.1. The zero-order chi connectivity index (χ0) is 13.4. The minimum absolute atomic E-state index is 0.0678. The number of amides is 1. The van der Waals surface area contributed by atoms with Gasteiger partial charge in [-0.1, -0.05) is 0 Å². The molecule has 0 aliphatic heterocycles. The molecule has 0 aliphatic rings. The Kier molecular flexibility index (Phi) is 2.87. The van der Waals surface area contributed by atoms with Gasteiger partial charge < -0.3 is 9.73 Å². The van der Waals surface area contributed by atoms with E-state index in [1.165, 1.54) is 11.3 Å². The first-order valence-corrected chi connectivity index (χ1v) is 6.69. The third-order valence-electron chi connectivity index (χ3n) is 2.95. The van der Waals surface area contributed by atoms with Crippen molar-refractivity contribution < 1.29 is 9.21 Å². The van der Waals surface area contributed by atoms with Crippen molar-refractivity contribution in [2.45, 2.75) is 13.5 Å². The molecule has 98 valence electrons. The summed E-state index contributed by atoms with van der Waals surface area (Å²) in [5.74, 6) is -0.0678. The molecule has 0 aromatic carbocycles. The van der Waals surface area contributed by atoms with Gasteiger partial charge in [0.15, 0.2) is 0 Å². The van der Waals surface area contributed by atoms with Crippen LogP contribution in [0.25, 0.3) is 10.2 Å². The Balaban J connectivity index is 1.79. The summed E-state index contributed by atoms with van der Waals surface area (Å²) in [4.78, 5) is 13.8. The summed E-state index contributed by atoms with van der Waals surface area (Å²) < 4.78 is 6.77. The molecule has 0 radical (unpaired) electrons. The molecule has 0 atom stereocenters. The van der Waals surface area contributed by atoms with E-state index in [4.69, 9.17) is 4.42 Å². The number of furan rings is 1. The molecular weight excluding hydrogens is 262 g/mol. The third kappa shape index (κ3) is 2.15. The van der Waals surface area contributed by atoms with Crippen molar-refractivity contribution in [2.24, 2.45) is 7.05 Å². The molecule has 0 aliphatic carbocycles. The fourth-order valence-corrected chi connectivity index (χ4v) is 3.02. The Labute approximate surface area is 113 Å². The number of carbonyl (C=O) groups excluding carboxylic acids is 1. The summed E-state index contributed by atoms with van der Waals surface area (Å²) in [5, 5.41) is 8.24. The van der Waals surface area contributed by atoms with E-state index in [2.05, 4.69) is 10.4 Å². The summed E-state index contributed by atoms with van der Waals surface area (Å²) in [6.07, 6.45) is 3.22. The number of nitrogens with one attached hydrogen (secondary N) is 1. The van der Waals surface area contributed by atoms with E-state index in [1.807, 2.05) is 30.8 Å². The van der Waals surface area contributed by atoms with E-state index in [0.29, 0.717) is 11.4 Å². The standard InChI is InChI=1S/C13H13N3O2S/c1-8-10-5-11(19-13(10)16(2)15-8)12(17)14-6-9-3-4-18-7-9/h3-5,7H,6H2,1-2H3,(H,14,17). The molecule has 1 N–H and O–H groups in total. The number of nitrogens with zero attached hydrogens (tertiary/aromatic N) is 2. The number of hydrogen-bond acceptors (Lipinski definition) is 4. The Morgan fingerprint density at radius 2 is 2.42 bits per heavy atom. The molecule has 6 heteroatoms. The van der Waals surface area contributed by atoms with Crippen LogP contribution in [0.4, 0.5) is 0 Å². The first-order valence-electron chi connectivity index (χ1n) is 5.87. The highest BCUT2D eigenvalue weighted by atomic mass is 32.1. The molecule has 3 heterocycles. The van der Waals surface area contributed by atoms with Gasteiger partial charge in [-0.15, -0.1) is 11.3 Å². The van der Waals surface area contributed by atoms with Gasteiger partial charge in [-0.25, -0.2) is 0 Å². The molecule has 0 spiro atoms. The Morgan fingerprint density at radius 1 is 1.58 bits per heavy atom. The van der Waals surface area contributed by atoms with Gasteiger partial charge in [0, 0.05) is 24.5 Å². The van der Waals surface area contributed by atoms with Crippen LogP contribution in [0, 0.1) is 6.92 Å². The Hall–Kier alpha value is -2.08. The van der Waals surface area contributed by atoms with Gasteiger partial charge in [-0.05, 0) is 19.1 Å². The van der Waals surface area contributed by atoms with E-state index < -0.39 is 0 Å². The lowest BCUT2D eigenvalue weighted by Crippen LogP contribution is -2.21. The molecule has 0 fully saturated rings. The predicted octanol–water partition coefficient (Wildman–Crippen LogP) is 2.47. The van der Waals surface area contributed by atoms with Gasteiger partial charge in [0.2, 0.25) is 0 Å². The maximum atomic E-state index is 12.1. The van der Waals surface area contributed by atoms with Gasteiger partial charge in [0.1, 0.15) is 4.83 Å². The predicted molar refractivity (Wildman–Crippen MR) is 73.2 cm³/mol. The first-order chi connectivity index (χ1) is 9.15. The number of carbonyl (C=O) groups is 1. The SMILES string of the molecule is Cc1nn(C)c2sc(C(=O)NCc3ccoc3)cc12. The number of fused-ring (bicyclic) bond motifs is 1. The lowest BCUT2D eigenvalue weighted by Gasteiger charge is -2.00. The maximum Gasteiger partial charge on any atom is 0.261 e. The van der Waals surface area contributed by atoms with Gasteiger partial charge in [-0.3, -0.25) is 9.48 Å². The van der Waals surface area contributed by atoms with Crippen LogP contribution in [0.2, 0.25) is 0 Å². The highest BCUT2D eigenvalue weighted by Crippen LogP contribution is 2.27. The van der Waals surface area contributed by atoms with Crippen molar-refractivity contribution in [3.63, 3.8) is 0 Å². The summed E-state index contributed by atoms with van der Waals surface area (Å²) in [7, 11) is 1.89. The molecule has 3 rings (SSSR count). The minimum atomic E-state index is -0.0678. The molecule has 1 amide bonds. The summed E-state index contributed by atoms with van der Waals surface area (Å²) in [6, 6.07) is 3.73. The summed E-state index contributed by atoms with van der Waals surface area (Å²) >= 11 is 1.46. The van der Waals surface area contributed by atoms with Crippen molar-refractivity contribution in [3.05, 3.63) is 40.8 Å². The van der Waals surface area contributed by atoms with Crippen LogP contribution in [0.5, 0.6) is 0 Å². The van der Waals surface area contributed by atoms with E-state index in [9.17, 15) is 4.79 Å². The topological polar surface area (TPSA) is 60.1 Å². The van der Waals surface area contributed by atoms with Crippen molar-refractivity contribution in [1.82, 2.24) is 15.1 Å². The molecule has 0 saturated carbocycles. The first kappa shape index (κ1) is 12.0. The molecule has 0 saturated heterocycles. The van der Waals surface area contributed by atoms with Gasteiger partial charge in [0.25, 0.3) is 5.91 Å². The fourth-order valence-electron chi connectivity index (χ4n) is 1.98. The Morgan fingerprint density at radius 3 is 3.11 bits per heavy atom. The zero-order valence-corrected chi connectivity index (χ0v) is 11.5. The second kappa shape index (κ2) is 4.55. The third-order valence-corrected chi connectivity index (χ3v) is 4.15. The molecule has 0 bridgehead atoms. The highest BCUT2D eigenvalue weighted by molar-refractivity contribution is 7.20. The molecular formula is C13H13N3O2S. The molecule has 5 nitrogen and oxygen atoms in total. The lowest BCUT2D eigenvalue weighted by atomic mass is 10.3.